The molecule has 0 heterocycles. The minimum absolute atomic E-state index is 0.161. The number of ether oxygens (including phenoxy) is 3. The maximum absolute atomic E-state index is 11.4. The fraction of sp³-hybridized carbons (Fsp3) is 0.381. The van der Waals surface area contributed by atoms with Crippen molar-refractivity contribution in [3.63, 3.8) is 0 Å². The van der Waals surface area contributed by atoms with Gasteiger partial charge >= 0.3 is 5.97 Å². The summed E-state index contributed by atoms with van der Waals surface area (Å²) in [7, 11) is 1.58. The number of hydrogen-bond donors (Lipinski definition) is 1. The van der Waals surface area contributed by atoms with Gasteiger partial charge in [0.1, 0.15) is 6.61 Å². The number of hydrogen-bond acceptors (Lipinski definition) is 4. The van der Waals surface area contributed by atoms with Crippen molar-refractivity contribution >= 4 is 5.97 Å². The van der Waals surface area contributed by atoms with Crippen LogP contribution in [0.2, 0.25) is 0 Å². The molecule has 2 aromatic carbocycles. The molecule has 2 rings (SSSR count). The van der Waals surface area contributed by atoms with Gasteiger partial charge in [0.05, 0.1) is 13.2 Å². The zero-order valence-electron chi connectivity index (χ0n) is 15.7. The molecule has 0 bridgehead atoms. The number of carboxylic acid groups (broad SMARTS) is 1. The Kier molecular flexibility index (Phi) is 7.04. The van der Waals surface area contributed by atoms with Crippen molar-refractivity contribution in [3.8, 4) is 11.5 Å². The summed E-state index contributed by atoms with van der Waals surface area (Å²) < 4.78 is 16.7. The highest BCUT2D eigenvalue weighted by Gasteiger charge is 2.21. The summed E-state index contributed by atoms with van der Waals surface area (Å²) in [5.74, 6) is 0.216. The van der Waals surface area contributed by atoms with Crippen molar-refractivity contribution in [2.24, 2.45) is 0 Å². The van der Waals surface area contributed by atoms with E-state index in [0.29, 0.717) is 18.1 Å². The third-order valence-electron chi connectivity index (χ3n) is 3.88. The van der Waals surface area contributed by atoms with Gasteiger partial charge < -0.3 is 19.3 Å². The second-order valence-electron chi connectivity index (χ2n) is 6.48. The minimum atomic E-state index is -0.975. The Balaban J connectivity index is 2.13. The van der Waals surface area contributed by atoms with Crippen LogP contribution < -0.4 is 9.47 Å². The molecule has 0 aliphatic rings. The van der Waals surface area contributed by atoms with Crippen LogP contribution in [0.1, 0.15) is 30.5 Å². The molecule has 140 valence electrons. The average Bonchev–Trinajstić information content (AvgIpc) is 2.60. The largest absolute Gasteiger partial charge is 0.493 e. The number of carboxylic acids is 1. The van der Waals surface area contributed by atoms with E-state index in [-0.39, 0.29) is 12.5 Å². The van der Waals surface area contributed by atoms with Crippen molar-refractivity contribution in [2.45, 2.75) is 46.0 Å². The molecule has 0 aliphatic heterocycles. The van der Waals surface area contributed by atoms with Crippen LogP contribution in [-0.4, -0.2) is 30.4 Å². The summed E-state index contributed by atoms with van der Waals surface area (Å²) >= 11 is 0. The van der Waals surface area contributed by atoms with E-state index in [4.69, 9.17) is 14.2 Å². The third kappa shape index (κ3) is 5.77. The minimum Gasteiger partial charge on any atom is -0.493 e. The Morgan fingerprint density at radius 3 is 2.27 bits per heavy atom. The zero-order chi connectivity index (χ0) is 19.1. The SMILES string of the molecule is COc1ccc(CC(OC(C)C)C(=O)O)cc1OCc1ccc(C)cc1. The zero-order valence-corrected chi connectivity index (χ0v) is 15.7. The van der Waals surface area contributed by atoms with Gasteiger partial charge in [0.2, 0.25) is 0 Å². The Hall–Kier alpha value is -2.53. The van der Waals surface area contributed by atoms with E-state index in [9.17, 15) is 9.90 Å². The van der Waals surface area contributed by atoms with Crippen LogP contribution in [0.4, 0.5) is 0 Å². The Morgan fingerprint density at radius 2 is 1.69 bits per heavy atom. The summed E-state index contributed by atoms with van der Waals surface area (Å²) in [6, 6.07) is 13.5. The summed E-state index contributed by atoms with van der Waals surface area (Å²) in [6.07, 6.45) is -0.793. The highest BCUT2D eigenvalue weighted by atomic mass is 16.5. The lowest BCUT2D eigenvalue weighted by atomic mass is 10.1. The fourth-order valence-corrected chi connectivity index (χ4v) is 2.54. The van der Waals surface area contributed by atoms with Crippen LogP contribution in [0.15, 0.2) is 42.5 Å². The Bertz CT molecular complexity index is 722. The molecular formula is C21H26O5. The van der Waals surface area contributed by atoms with Crippen LogP contribution in [0.25, 0.3) is 0 Å². The van der Waals surface area contributed by atoms with Gasteiger partial charge in [-0.1, -0.05) is 35.9 Å². The van der Waals surface area contributed by atoms with Gasteiger partial charge in [0.15, 0.2) is 17.6 Å². The summed E-state index contributed by atoms with van der Waals surface area (Å²) in [4.78, 5) is 11.4. The molecule has 0 spiro atoms. The standard InChI is InChI=1S/C21H26O5/c1-14(2)26-20(21(22)23)12-17-9-10-18(24-4)19(11-17)25-13-16-7-5-15(3)6-8-16/h5-11,14,20H,12-13H2,1-4H3,(H,22,23). The van der Waals surface area contributed by atoms with Crippen LogP contribution >= 0.6 is 0 Å². The first-order valence-corrected chi connectivity index (χ1v) is 8.62. The van der Waals surface area contributed by atoms with E-state index in [0.717, 1.165) is 11.1 Å². The summed E-state index contributed by atoms with van der Waals surface area (Å²) in [5, 5.41) is 9.35. The van der Waals surface area contributed by atoms with Gasteiger partial charge in [-0.15, -0.1) is 0 Å². The first-order chi connectivity index (χ1) is 12.4. The van der Waals surface area contributed by atoms with E-state index >= 15 is 0 Å². The van der Waals surface area contributed by atoms with Crippen molar-refractivity contribution in [3.05, 3.63) is 59.2 Å². The first-order valence-electron chi connectivity index (χ1n) is 8.62. The second kappa shape index (κ2) is 9.25. The van der Waals surface area contributed by atoms with Gasteiger partial charge in [-0.05, 0) is 44.0 Å². The van der Waals surface area contributed by atoms with E-state index in [2.05, 4.69) is 0 Å². The van der Waals surface area contributed by atoms with E-state index in [1.54, 1.807) is 13.2 Å². The molecule has 0 aliphatic carbocycles. The number of benzene rings is 2. The quantitative estimate of drug-likeness (QED) is 0.734. The van der Waals surface area contributed by atoms with Crippen LogP contribution in [0.3, 0.4) is 0 Å². The summed E-state index contributed by atoms with van der Waals surface area (Å²) in [5.41, 5.74) is 3.06. The van der Waals surface area contributed by atoms with E-state index in [1.165, 1.54) is 5.56 Å². The van der Waals surface area contributed by atoms with Crippen LogP contribution in [-0.2, 0) is 22.6 Å². The highest BCUT2D eigenvalue weighted by molar-refractivity contribution is 5.72. The average molecular weight is 358 g/mol. The molecule has 0 aromatic heterocycles. The number of aryl methyl sites for hydroxylation is 1. The molecule has 1 atom stereocenters. The third-order valence-corrected chi connectivity index (χ3v) is 3.88. The van der Waals surface area contributed by atoms with Crippen molar-refractivity contribution in [1.29, 1.82) is 0 Å². The van der Waals surface area contributed by atoms with Crippen LogP contribution in [0, 0.1) is 6.92 Å². The molecule has 5 heteroatoms. The van der Waals surface area contributed by atoms with Gasteiger partial charge in [0, 0.05) is 6.42 Å². The molecule has 0 saturated carbocycles. The van der Waals surface area contributed by atoms with E-state index in [1.807, 2.05) is 57.2 Å². The lowest BCUT2D eigenvalue weighted by Gasteiger charge is -2.18. The van der Waals surface area contributed by atoms with Gasteiger partial charge in [0.25, 0.3) is 0 Å². The molecule has 2 aromatic rings. The number of methoxy groups -OCH3 is 1. The van der Waals surface area contributed by atoms with Gasteiger partial charge in [-0.25, -0.2) is 4.79 Å². The number of aliphatic carboxylic acids is 1. The lowest BCUT2D eigenvalue weighted by Crippen LogP contribution is -2.29. The topological polar surface area (TPSA) is 65.0 Å². The molecule has 5 nitrogen and oxygen atoms in total. The number of carbonyl (C=O) groups is 1. The second-order valence-corrected chi connectivity index (χ2v) is 6.48. The van der Waals surface area contributed by atoms with Crippen LogP contribution in [0.5, 0.6) is 11.5 Å². The maximum Gasteiger partial charge on any atom is 0.333 e. The van der Waals surface area contributed by atoms with E-state index < -0.39 is 12.1 Å². The maximum atomic E-state index is 11.4. The van der Waals surface area contributed by atoms with Gasteiger partial charge in [-0.3, -0.25) is 0 Å². The monoisotopic (exact) mass is 358 g/mol. The predicted molar refractivity (Wildman–Crippen MR) is 99.9 cm³/mol. The van der Waals surface area contributed by atoms with Gasteiger partial charge in [-0.2, -0.15) is 0 Å². The molecule has 0 radical (unpaired) electrons. The predicted octanol–water partition coefficient (Wildman–Crippen LogP) is 4.00. The molecule has 1 unspecified atom stereocenters. The van der Waals surface area contributed by atoms with Crippen molar-refractivity contribution in [2.75, 3.05) is 7.11 Å². The molecule has 0 saturated heterocycles. The summed E-state index contributed by atoms with van der Waals surface area (Å²) in [6.45, 7) is 6.08. The Morgan fingerprint density at radius 1 is 1.04 bits per heavy atom. The molecule has 0 fully saturated rings. The molecule has 26 heavy (non-hydrogen) atoms. The number of rotatable bonds is 9. The fourth-order valence-electron chi connectivity index (χ4n) is 2.54. The smallest absolute Gasteiger partial charge is 0.333 e. The van der Waals surface area contributed by atoms with Crippen molar-refractivity contribution < 1.29 is 24.1 Å². The van der Waals surface area contributed by atoms with Crippen molar-refractivity contribution in [1.82, 2.24) is 0 Å². The highest BCUT2D eigenvalue weighted by Crippen LogP contribution is 2.29. The molecule has 0 amide bonds. The first kappa shape index (κ1) is 19.8. The molecular weight excluding hydrogens is 332 g/mol. The normalized spacial score (nSPS) is 12.0. The Labute approximate surface area is 154 Å². The molecule has 1 N–H and O–H groups in total. The lowest BCUT2D eigenvalue weighted by molar-refractivity contribution is -0.153.